The normalized spacial score (nSPS) is 24.5. The largest absolute Gasteiger partial charge is 0.350 e. The van der Waals surface area contributed by atoms with E-state index in [4.69, 9.17) is 0 Å². The highest BCUT2D eigenvalue weighted by atomic mass is 32.2. The molecule has 21 heavy (non-hydrogen) atoms. The Morgan fingerprint density at radius 2 is 2.14 bits per heavy atom. The van der Waals surface area contributed by atoms with Crippen LogP contribution in [0.1, 0.15) is 37.9 Å². The number of amides is 1. The molecular formula is C14H21N3O3S. The van der Waals surface area contributed by atoms with Gasteiger partial charge >= 0.3 is 0 Å². The number of imidazole rings is 1. The van der Waals surface area contributed by atoms with E-state index in [9.17, 15) is 13.2 Å². The van der Waals surface area contributed by atoms with E-state index >= 15 is 0 Å². The van der Waals surface area contributed by atoms with Gasteiger partial charge in [-0.2, -0.15) is 0 Å². The maximum atomic E-state index is 12.6. The number of nitrogens with zero attached hydrogens (tertiary/aromatic N) is 2. The van der Waals surface area contributed by atoms with Gasteiger partial charge in [-0.25, -0.2) is 13.4 Å². The van der Waals surface area contributed by atoms with Gasteiger partial charge in [0.2, 0.25) is 5.91 Å². The van der Waals surface area contributed by atoms with Gasteiger partial charge in [-0.05, 0) is 19.3 Å². The first kappa shape index (κ1) is 14.6. The molecule has 2 aliphatic rings. The van der Waals surface area contributed by atoms with Gasteiger partial charge in [0.1, 0.15) is 10.6 Å². The molecule has 1 amide bonds. The van der Waals surface area contributed by atoms with E-state index in [0.717, 1.165) is 31.5 Å². The van der Waals surface area contributed by atoms with Crippen LogP contribution in [0.15, 0.2) is 12.4 Å². The molecule has 0 unspecified atom stereocenters. The molecule has 7 heteroatoms. The predicted octanol–water partition coefficient (Wildman–Crippen LogP) is 0.671. The lowest BCUT2D eigenvalue weighted by Crippen LogP contribution is -2.54. The van der Waals surface area contributed by atoms with Crippen molar-refractivity contribution in [3.05, 3.63) is 18.2 Å². The van der Waals surface area contributed by atoms with Crippen LogP contribution >= 0.6 is 0 Å². The van der Waals surface area contributed by atoms with Crippen molar-refractivity contribution in [1.82, 2.24) is 14.9 Å². The Bertz CT molecular complexity index is 644. The van der Waals surface area contributed by atoms with E-state index in [1.165, 1.54) is 6.26 Å². The summed E-state index contributed by atoms with van der Waals surface area (Å²) >= 11 is 0. The van der Waals surface area contributed by atoms with Gasteiger partial charge in [0.05, 0.1) is 0 Å². The van der Waals surface area contributed by atoms with Gasteiger partial charge in [0.15, 0.2) is 9.84 Å². The number of sulfone groups is 1. The van der Waals surface area contributed by atoms with Gasteiger partial charge in [-0.3, -0.25) is 4.79 Å². The topological polar surface area (TPSA) is 81.1 Å². The van der Waals surface area contributed by atoms with Gasteiger partial charge < -0.3 is 9.88 Å². The zero-order valence-corrected chi connectivity index (χ0v) is 13.0. The van der Waals surface area contributed by atoms with Crippen LogP contribution in [0, 0.1) is 0 Å². The second-order valence-corrected chi connectivity index (χ2v) is 8.50. The fourth-order valence-corrected chi connectivity index (χ4v) is 4.94. The van der Waals surface area contributed by atoms with Crippen LogP contribution in [-0.4, -0.2) is 40.9 Å². The van der Waals surface area contributed by atoms with Gasteiger partial charge in [0.25, 0.3) is 0 Å². The summed E-state index contributed by atoms with van der Waals surface area (Å²) in [5, 5.41) is 2.97. The molecule has 3 rings (SSSR count). The number of aryl methyl sites for hydroxylation is 1. The molecule has 0 radical (unpaired) electrons. The highest BCUT2D eigenvalue weighted by Crippen LogP contribution is 2.37. The number of carbonyl (C=O) groups excluding carboxylic acids is 1. The number of fused-ring (bicyclic) bond motifs is 1. The molecule has 0 bridgehead atoms. The molecule has 1 aliphatic carbocycles. The molecule has 1 aliphatic heterocycles. The summed E-state index contributed by atoms with van der Waals surface area (Å²) in [5.74, 6) is 0.718. The summed E-state index contributed by atoms with van der Waals surface area (Å²) in [6.07, 6.45) is 8.96. The highest BCUT2D eigenvalue weighted by Gasteiger charge is 2.50. The van der Waals surface area contributed by atoms with E-state index in [2.05, 4.69) is 10.3 Å². The minimum Gasteiger partial charge on any atom is -0.350 e. The fourth-order valence-electron chi connectivity index (χ4n) is 3.51. The summed E-state index contributed by atoms with van der Waals surface area (Å²) in [6.45, 7) is 0.668. The van der Waals surface area contributed by atoms with Crippen molar-refractivity contribution in [2.45, 2.75) is 55.9 Å². The molecule has 0 saturated heterocycles. The van der Waals surface area contributed by atoms with E-state index in [1.54, 1.807) is 6.20 Å². The summed E-state index contributed by atoms with van der Waals surface area (Å²) in [7, 11) is -3.40. The summed E-state index contributed by atoms with van der Waals surface area (Å²) in [5.41, 5.74) is 0. The number of carbonyl (C=O) groups is 1. The molecular weight excluding hydrogens is 290 g/mol. The van der Waals surface area contributed by atoms with Crippen molar-refractivity contribution >= 4 is 15.7 Å². The van der Waals surface area contributed by atoms with Crippen LogP contribution in [0.5, 0.6) is 0 Å². The Morgan fingerprint density at radius 1 is 1.43 bits per heavy atom. The molecule has 6 nitrogen and oxygen atoms in total. The molecule has 0 spiro atoms. The molecule has 1 saturated carbocycles. The van der Waals surface area contributed by atoms with Gasteiger partial charge in [-0.15, -0.1) is 0 Å². The Kier molecular flexibility index (Phi) is 3.55. The third-order valence-corrected chi connectivity index (χ3v) is 6.82. The first-order chi connectivity index (χ1) is 9.92. The maximum absolute atomic E-state index is 12.6. The van der Waals surface area contributed by atoms with E-state index in [1.807, 2.05) is 10.8 Å². The maximum Gasteiger partial charge on any atom is 0.241 e. The number of aromatic nitrogens is 2. The average molecular weight is 311 g/mol. The van der Waals surface area contributed by atoms with Gasteiger partial charge in [-0.1, -0.05) is 12.8 Å². The first-order valence-electron chi connectivity index (χ1n) is 7.43. The van der Waals surface area contributed by atoms with Crippen LogP contribution < -0.4 is 5.32 Å². The Hall–Kier alpha value is -1.37. The smallest absolute Gasteiger partial charge is 0.241 e. The summed E-state index contributed by atoms with van der Waals surface area (Å²) in [6, 6.07) is -0.0153. The van der Waals surface area contributed by atoms with Crippen molar-refractivity contribution in [2.75, 3.05) is 6.26 Å². The van der Waals surface area contributed by atoms with Gasteiger partial charge in [0, 0.05) is 37.7 Å². The molecule has 116 valence electrons. The lowest BCUT2D eigenvalue weighted by molar-refractivity contribution is -0.124. The highest BCUT2D eigenvalue weighted by molar-refractivity contribution is 7.92. The molecule has 1 N–H and O–H groups in total. The Balaban J connectivity index is 1.74. The first-order valence-corrected chi connectivity index (χ1v) is 9.32. The van der Waals surface area contributed by atoms with Crippen molar-refractivity contribution in [3.8, 4) is 0 Å². The van der Waals surface area contributed by atoms with Crippen molar-refractivity contribution in [3.63, 3.8) is 0 Å². The minimum absolute atomic E-state index is 0.0153. The van der Waals surface area contributed by atoms with Crippen molar-refractivity contribution < 1.29 is 13.2 Å². The predicted molar refractivity (Wildman–Crippen MR) is 78.5 cm³/mol. The zero-order valence-electron chi connectivity index (χ0n) is 12.2. The lowest BCUT2D eigenvalue weighted by Gasteiger charge is -2.30. The molecule has 1 aromatic heterocycles. The van der Waals surface area contributed by atoms with Crippen LogP contribution in [0.4, 0.5) is 0 Å². The molecule has 1 aromatic rings. The zero-order chi connectivity index (χ0) is 15.1. The Morgan fingerprint density at radius 3 is 2.81 bits per heavy atom. The number of nitrogens with one attached hydrogen (secondary N) is 1. The molecule has 1 atom stereocenters. The minimum atomic E-state index is -3.40. The Labute approximate surface area is 124 Å². The average Bonchev–Trinajstić information content (AvgIpc) is 3.07. The molecule has 2 heterocycles. The fraction of sp³-hybridized carbons (Fsp3) is 0.714. The number of rotatable bonds is 3. The lowest BCUT2D eigenvalue weighted by atomic mass is 10.0. The van der Waals surface area contributed by atoms with Crippen LogP contribution in [0.2, 0.25) is 0 Å². The number of hydrogen-bond donors (Lipinski definition) is 1. The third kappa shape index (κ3) is 2.47. The quantitative estimate of drug-likeness (QED) is 0.889. The van der Waals surface area contributed by atoms with E-state index in [0.29, 0.717) is 19.4 Å². The second-order valence-electron chi connectivity index (χ2n) is 6.18. The number of hydrogen-bond acceptors (Lipinski definition) is 4. The summed E-state index contributed by atoms with van der Waals surface area (Å²) in [4.78, 5) is 16.9. The molecule has 0 aromatic carbocycles. The van der Waals surface area contributed by atoms with E-state index in [-0.39, 0.29) is 11.9 Å². The monoisotopic (exact) mass is 311 g/mol. The van der Waals surface area contributed by atoms with Crippen LogP contribution in [0.3, 0.4) is 0 Å². The summed E-state index contributed by atoms with van der Waals surface area (Å²) < 4.78 is 25.1. The van der Waals surface area contributed by atoms with Crippen molar-refractivity contribution in [2.24, 2.45) is 0 Å². The van der Waals surface area contributed by atoms with Crippen LogP contribution in [0.25, 0.3) is 0 Å². The van der Waals surface area contributed by atoms with E-state index < -0.39 is 14.6 Å². The molecule has 1 fully saturated rings. The SMILES string of the molecule is CS(=O)(=O)C1(C(=O)N[C@H]2CCc3nccn3C2)CCCC1. The van der Waals surface area contributed by atoms with Crippen LogP contribution in [-0.2, 0) is 27.6 Å². The third-order valence-electron chi connectivity index (χ3n) is 4.81. The standard InChI is InChI=1S/C14H21N3O3S/c1-21(19,20)14(6-2-3-7-14)13(18)16-11-4-5-12-15-8-9-17(12)10-11/h8-9,11H,2-7,10H2,1H3,(H,16,18)/t11-/m0/s1. The second kappa shape index (κ2) is 5.12. The van der Waals surface area contributed by atoms with Crippen molar-refractivity contribution in [1.29, 1.82) is 0 Å².